The molecule has 2 rings (SSSR count). The van der Waals surface area contributed by atoms with E-state index in [9.17, 15) is 0 Å². The predicted molar refractivity (Wildman–Crippen MR) is 77.2 cm³/mol. The van der Waals surface area contributed by atoms with E-state index in [2.05, 4.69) is 23.3 Å². The van der Waals surface area contributed by atoms with Crippen molar-refractivity contribution < 1.29 is 4.74 Å². The highest BCUT2D eigenvalue weighted by molar-refractivity contribution is 5.31. The molecule has 0 aliphatic carbocycles. The van der Waals surface area contributed by atoms with Crippen LogP contribution in [0.5, 0.6) is 5.75 Å². The summed E-state index contributed by atoms with van der Waals surface area (Å²) in [7, 11) is 1.66. The number of aromatic nitrogens is 1. The van der Waals surface area contributed by atoms with Crippen molar-refractivity contribution in [2.24, 2.45) is 0 Å². The van der Waals surface area contributed by atoms with Gasteiger partial charge in [-0.15, -0.1) is 0 Å². The van der Waals surface area contributed by atoms with Crippen LogP contribution in [0.1, 0.15) is 29.8 Å². The van der Waals surface area contributed by atoms with Gasteiger partial charge in [0.2, 0.25) is 0 Å². The van der Waals surface area contributed by atoms with Crippen molar-refractivity contribution in [3.05, 3.63) is 59.4 Å². The van der Waals surface area contributed by atoms with Crippen LogP contribution < -0.4 is 10.1 Å². The van der Waals surface area contributed by atoms with Crippen molar-refractivity contribution in [3.63, 3.8) is 0 Å². The lowest BCUT2D eigenvalue weighted by Gasteiger charge is -2.15. The molecular formula is C16H17N3O. The van der Waals surface area contributed by atoms with Gasteiger partial charge in [0.15, 0.2) is 0 Å². The molecule has 0 bridgehead atoms. The Morgan fingerprint density at radius 3 is 2.70 bits per heavy atom. The molecular weight excluding hydrogens is 250 g/mol. The van der Waals surface area contributed by atoms with Crippen LogP contribution in [0.2, 0.25) is 0 Å². The number of hydrogen-bond acceptors (Lipinski definition) is 4. The molecule has 0 amide bonds. The molecule has 2 aromatic rings. The minimum Gasteiger partial charge on any atom is -0.497 e. The van der Waals surface area contributed by atoms with E-state index in [0.717, 1.165) is 11.3 Å². The fourth-order valence-electron chi connectivity index (χ4n) is 1.96. The van der Waals surface area contributed by atoms with Crippen LogP contribution in [0.15, 0.2) is 42.6 Å². The predicted octanol–water partition coefficient (Wildman–Crippen LogP) is 2.81. The van der Waals surface area contributed by atoms with Gasteiger partial charge in [-0.25, -0.2) is 4.98 Å². The highest BCUT2D eigenvalue weighted by atomic mass is 16.5. The lowest BCUT2D eigenvalue weighted by Crippen LogP contribution is -2.18. The fraction of sp³-hybridized carbons (Fsp3) is 0.250. The smallest absolute Gasteiger partial charge is 0.144 e. The Labute approximate surface area is 119 Å². The Hall–Kier alpha value is -2.38. The average molecular weight is 267 g/mol. The SMILES string of the molecule is COc1ccc([C@@H](C)NCc2cccnc2C#N)cc1. The molecule has 4 heteroatoms. The first-order valence-corrected chi connectivity index (χ1v) is 6.46. The van der Waals surface area contributed by atoms with Gasteiger partial charge >= 0.3 is 0 Å². The second kappa shape index (κ2) is 6.69. The van der Waals surface area contributed by atoms with Crippen molar-refractivity contribution in [2.45, 2.75) is 19.5 Å². The Morgan fingerprint density at radius 2 is 2.05 bits per heavy atom. The summed E-state index contributed by atoms with van der Waals surface area (Å²) in [6.45, 7) is 2.70. The molecule has 0 saturated carbocycles. The van der Waals surface area contributed by atoms with E-state index in [-0.39, 0.29) is 6.04 Å². The van der Waals surface area contributed by atoms with E-state index in [4.69, 9.17) is 10.00 Å². The van der Waals surface area contributed by atoms with Gasteiger partial charge in [0.25, 0.3) is 0 Å². The molecule has 0 aliphatic heterocycles. The third-order valence-electron chi connectivity index (χ3n) is 3.21. The van der Waals surface area contributed by atoms with Gasteiger partial charge < -0.3 is 10.1 Å². The highest BCUT2D eigenvalue weighted by Gasteiger charge is 2.07. The van der Waals surface area contributed by atoms with Crippen LogP contribution in [0, 0.1) is 11.3 Å². The third kappa shape index (κ3) is 3.34. The lowest BCUT2D eigenvalue weighted by molar-refractivity contribution is 0.414. The molecule has 0 saturated heterocycles. The Balaban J connectivity index is 2.01. The molecule has 1 aromatic carbocycles. The monoisotopic (exact) mass is 267 g/mol. The number of benzene rings is 1. The van der Waals surface area contributed by atoms with E-state index < -0.39 is 0 Å². The van der Waals surface area contributed by atoms with E-state index in [1.165, 1.54) is 5.56 Å². The van der Waals surface area contributed by atoms with Crippen molar-refractivity contribution in [1.29, 1.82) is 5.26 Å². The molecule has 0 fully saturated rings. The minimum atomic E-state index is 0.188. The summed E-state index contributed by atoms with van der Waals surface area (Å²) in [4.78, 5) is 4.05. The standard InChI is InChI=1S/C16H17N3O/c1-12(13-5-7-15(20-2)8-6-13)19-11-14-4-3-9-18-16(14)10-17/h3-9,12,19H,11H2,1-2H3/t12-/m1/s1. The molecule has 1 aromatic heterocycles. The van der Waals surface area contributed by atoms with Gasteiger partial charge in [-0.3, -0.25) is 0 Å². The normalized spacial score (nSPS) is 11.7. The van der Waals surface area contributed by atoms with E-state index in [0.29, 0.717) is 12.2 Å². The summed E-state index contributed by atoms with van der Waals surface area (Å²) in [5, 5.41) is 12.4. The number of hydrogen-bond donors (Lipinski definition) is 1. The van der Waals surface area contributed by atoms with Crippen LogP contribution in [0.25, 0.3) is 0 Å². The van der Waals surface area contributed by atoms with Crippen LogP contribution in [-0.2, 0) is 6.54 Å². The molecule has 102 valence electrons. The van der Waals surface area contributed by atoms with Crippen LogP contribution in [0.3, 0.4) is 0 Å². The van der Waals surface area contributed by atoms with Gasteiger partial charge in [0, 0.05) is 24.3 Å². The van der Waals surface area contributed by atoms with Crippen LogP contribution in [-0.4, -0.2) is 12.1 Å². The maximum atomic E-state index is 9.00. The number of methoxy groups -OCH3 is 1. The summed E-state index contributed by atoms with van der Waals surface area (Å²) in [6, 6.07) is 14.0. The van der Waals surface area contributed by atoms with Gasteiger partial charge in [-0.2, -0.15) is 5.26 Å². The summed E-state index contributed by atoms with van der Waals surface area (Å²) in [6.07, 6.45) is 1.63. The number of nitrogens with zero attached hydrogens (tertiary/aromatic N) is 2. The number of nitrogens with one attached hydrogen (secondary N) is 1. The first-order valence-electron chi connectivity index (χ1n) is 6.46. The molecule has 1 heterocycles. The van der Waals surface area contributed by atoms with Gasteiger partial charge in [-0.1, -0.05) is 18.2 Å². The molecule has 20 heavy (non-hydrogen) atoms. The fourth-order valence-corrected chi connectivity index (χ4v) is 1.96. The maximum Gasteiger partial charge on any atom is 0.144 e. The highest BCUT2D eigenvalue weighted by Crippen LogP contribution is 2.17. The van der Waals surface area contributed by atoms with Crippen molar-refractivity contribution >= 4 is 0 Å². The number of pyridine rings is 1. The summed E-state index contributed by atoms with van der Waals surface area (Å²) >= 11 is 0. The second-order valence-corrected chi connectivity index (χ2v) is 4.50. The Morgan fingerprint density at radius 1 is 1.30 bits per heavy atom. The van der Waals surface area contributed by atoms with Crippen LogP contribution in [0.4, 0.5) is 0 Å². The van der Waals surface area contributed by atoms with Crippen molar-refractivity contribution in [2.75, 3.05) is 7.11 Å². The van der Waals surface area contributed by atoms with Crippen LogP contribution >= 0.6 is 0 Å². The largest absolute Gasteiger partial charge is 0.497 e. The summed E-state index contributed by atoms with van der Waals surface area (Å²) in [5.74, 6) is 0.847. The van der Waals surface area contributed by atoms with Crippen molar-refractivity contribution in [3.8, 4) is 11.8 Å². The zero-order valence-electron chi connectivity index (χ0n) is 11.6. The molecule has 0 radical (unpaired) electrons. The first-order chi connectivity index (χ1) is 9.74. The Bertz CT molecular complexity index is 602. The minimum absolute atomic E-state index is 0.188. The number of ether oxygens (including phenoxy) is 1. The summed E-state index contributed by atoms with van der Waals surface area (Å²) < 4.78 is 5.14. The number of nitriles is 1. The zero-order valence-corrected chi connectivity index (χ0v) is 11.6. The maximum absolute atomic E-state index is 9.00. The van der Waals surface area contributed by atoms with Gasteiger partial charge in [0.05, 0.1) is 7.11 Å². The lowest BCUT2D eigenvalue weighted by atomic mass is 10.1. The molecule has 0 aliphatic rings. The first kappa shape index (κ1) is 14.0. The van der Waals surface area contributed by atoms with Crippen molar-refractivity contribution in [1.82, 2.24) is 10.3 Å². The quantitative estimate of drug-likeness (QED) is 0.905. The molecule has 0 spiro atoms. The average Bonchev–Trinajstić information content (AvgIpc) is 2.53. The molecule has 4 nitrogen and oxygen atoms in total. The molecule has 1 N–H and O–H groups in total. The van der Waals surface area contributed by atoms with Gasteiger partial charge in [0.1, 0.15) is 17.5 Å². The van der Waals surface area contributed by atoms with Gasteiger partial charge in [-0.05, 0) is 30.7 Å². The Kier molecular flexibility index (Phi) is 4.70. The summed E-state index contributed by atoms with van der Waals surface area (Å²) in [5.41, 5.74) is 2.56. The van der Waals surface area contributed by atoms with E-state index >= 15 is 0 Å². The molecule has 1 atom stereocenters. The molecule has 0 unspecified atom stereocenters. The van der Waals surface area contributed by atoms with E-state index in [1.54, 1.807) is 13.3 Å². The zero-order chi connectivity index (χ0) is 14.4. The topological polar surface area (TPSA) is 57.9 Å². The second-order valence-electron chi connectivity index (χ2n) is 4.50. The van der Waals surface area contributed by atoms with E-state index in [1.807, 2.05) is 36.4 Å². The number of rotatable bonds is 5. The third-order valence-corrected chi connectivity index (χ3v) is 3.21.